The highest BCUT2D eigenvalue weighted by Gasteiger charge is 2.24. The van der Waals surface area contributed by atoms with Crippen LogP contribution in [-0.4, -0.2) is 11.8 Å². The van der Waals surface area contributed by atoms with Crippen molar-refractivity contribution >= 4 is 29.0 Å². The van der Waals surface area contributed by atoms with Crippen LogP contribution in [0.2, 0.25) is 0 Å². The first-order valence-electron chi connectivity index (χ1n) is 5.53. The SMILES string of the molecule is Cl.NC1Cc2c(ccc3ccccc23)CC1=O. The Morgan fingerprint density at radius 1 is 1.12 bits per heavy atom. The molecule has 0 bridgehead atoms. The van der Waals surface area contributed by atoms with E-state index < -0.39 is 0 Å². The lowest BCUT2D eigenvalue weighted by molar-refractivity contribution is -0.120. The standard InChI is InChI=1S/C14H13NO.ClH/c15-13-8-12-10(7-14(13)16)6-5-9-3-1-2-4-11(9)12;/h1-6,13H,7-8,15H2;1H. The van der Waals surface area contributed by atoms with Gasteiger partial charge in [-0.05, 0) is 28.3 Å². The molecule has 0 radical (unpaired) electrons. The molecule has 3 rings (SSSR count). The Labute approximate surface area is 106 Å². The minimum Gasteiger partial charge on any atom is -0.321 e. The zero-order chi connectivity index (χ0) is 11.1. The zero-order valence-electron chi connectivity index (χ0n) is 9.35. The average Bonchev–Trinajstić information content (AvgIpc) is 2.31. The highest BCUT2D eigenvalue weighted by atomic mass is 35.5. The van der Waals surface area contributed by atoms with Gasteiger partial charge in [0, 0.05) is 6.42 Å². The minimum absolute atomic E-state index is 0. The normalized spacial score (nSPS) is 18.6. The first-order chi connectivity index (χ1) is 7.75. The van der Waals surface area contributed by atoms with Gasteiger partial charge >= 0.3 is 0 Å². The van der Waals surface area contributed by atoms with Crippen LogP contribution in [0.4, 0.5) is 0 Å². The number of carbonyl (C=O) groups excluding carboxylic acids is 1. The molecule has 2 aromatic carbocycles. The first-order valence-corrected chi connectivity index (χ1v) is 5.53. The monoisotopic (exact) mass is 247 g/mol. The van der Waals surface area contributed by atoms with Crippen LogP contribution in [0.5, 0.6) is 0 Å². The van der Waals surface area contributed by atoms with Crippen molar-refractivity contribution in [2.45, 2.75) is 18.9 Å². The third kappa shape index (κ3) is 1.94. The van der Waals surface area contributed by atoms with Gasteiger partial charge in [0.25, 0.3) is 0 Å². The summed E-state index contributed by atoms with van der Waals surface area (Å²) < 4.78 is 0. The summed E-state index contributed by atoms with van der Waals surface area (Å²) in [5.74, 6) is 0.155. The van der Waals surface area contributed by atoms with E-state index in [1.165, 1.54) is 16.3 Å². The number of nitrogens with two attached hydrogens (primary N) is 1. The number of hydrogen-bond donors (Lipinski definition) is 1. The summed E-state index contributed by atoms with van der Waals surface area (Å²) in [5, 5.41) is 2.46. The molecule has 1 aliphatic carbocycles. The van der Waals surface area contributed by atoms with Gasteiger partial charge in [0.1, 0.15) is 0 Å². The fourth-order valence-corrected chi connectivity index (χ4v) is 2.44. The van der Waals surface area contributed by atoms with Gasteiger partial charge in [-0.1, -0.05) is 36.4 Å². The molecule has 17 heavy (non-hydrogen) atoms. The van der Waals surface area contributed by atoms with Crippen LogP contribution >= 0.6 is 12.4 Å². The zero-order valence-corrected chi connectivity index (χ0v) is 10.2. The van der Waals surface area contributed by atoms with Crippen molar-refractivity contribution in [3.8, 4) is 0 Å². The van der Waals surface area contributed by atoms with Gasteiger partial charge < -0.3 is 5.73 Å². The number of ketones is 1. The van der Waals surface area contributed by atoms with Crippen LogP contribution in [0.3, 0.4) is 0 Å². The molecule has 1 unspecified atom stereocenters. The molecule has 0 saturated carbocycles. The van der Waals surface area contributed by atoms with Crippen molar-refractivity contribution in [3.63, 3.8) is 0 Å². The molecule has 0 spiro atoms. The van der Waals surface area contributed by atoms with Crippen molar-refractivity contribution in [3.05, 3.63) is 47.5 Å². The first kappa shape index (κ1) is 12.1. The van der Waals surface area contributed by atoms with E-state index in [0.29, 0.717) is 12.8 Å². The van der Waals surface area contributed by atoms with Crippen molar-refractivity contribution < 1.29 is 4.79 Å². The molecule has 88 valence electrons. The second-order valence-electron chi connectivity index (χ2n) is 4.38. The molecule has 0 aromatic heterocycles. The fourth-order valence-electron chi connectivity index (χ4n) is 2.44. The van der Waals surface area contributed by atoms with Crippen LogP contribution in [0.1, 0.15) is 11.1 Å². The minimum atomic E-state index is -0.321. The predicted molar refractivity (Wildman–Crippen MR) is 71.6 cm³/mol. The second-order valence-corrected chi connectivity index (χ2v) is 4.38. The van der Waals surface area contributed by atoms with Crippen LogP contribution < -0.4 is 5.73 Å². The van der Waals surface area contributed by atoms with E-state index in [9.17, 15) is 4.79 Å². The van der Waals surface area contributed by atoms with Crippen molar-refractivity contribution in [2.24, 2.45) is 5.73 Å². The molecule has 0 aliphatic heterocycles. The predicted octanol–water partition coefficient (Wildman–Crippen LogP) is 2.26. The van der Waals surface area contributed by atoms with Crippen molar-refractivity contribution in [1.82, 2.24) is 0 Å². The number of hydrogen-bond acceptors (Lipinski definition) is 2. The summed E-state index contributed by atoms with van der Waals surface area (Å²) in [7, 11) is 0. The summed E-state index contributed by atoms with van der Waals surface area (Å²) in [6.45, 7) is 0. The molecule has 0 heterocycles. The van der Waals surface area contributed by atoms with E-state index >= 15 is 0 Å². The Hall–Kier alpha value is -1.38. The molecular formula is C14H14ClNO. The third-order valence-corrected chi connectivity index (χ3v) is 3.34. The highest BCUT2D eigenvalue weighted by molar-refractivity contribution is 5.94. The van der Waals surface area contributed by atoms with E-state index in [2.05, 4.69) is 24.3 Å². The molecular weight excluding hydrogens is 234 g/mol. The topological polar surface area (TPSA) is 43.1 Å². The Kier molecular flexibility index (Phi) is 3.18. The van der Waals surface area contributed by atoms with Gasteiger partial charge in [-0.15, -0.1) is 12.4 Å². The van der Waals surface area contributed by atoms with Gasteiger partial charge in [0.05, 0.1) is 6.04 Å². The molecule has 3 heteroatoms. The summed E-state index contributed by atoms with van der Waals surface area (Å²) in [5.41, 5.74) is 8.23. The number of carbonyl (C=O) groups is 1. The van der Waals surface area contributed by atoms with E-state index in [1.807, 2.05) is 12.1 Å². The molecule has 2 aromatic rings. The molecule has 1 atom stereocenters. The van der Waals surface area contributed by atoms with Gasteiger partial charge in [-0.3, -0.25) is 4.79 Å². The molecule has 0 amide bonds. The van der Waals surface area contributed by atoms with Crippen LogP contribution in [0.15, 0.2) is 36.4 Å². The van der Waals surface area contributed by atoms with E-state index in [-0.39, 0.29) is 24.2 Å². The van der Waals surface area contributed by atoms with Crippen LogP contribution in [0, 0.1) is 0 Å². The van der Waals surface area contributed by atoms with Crippen molar-refractivity contribution in [1.29, 1.82) is 0 Å². The number of Topliss-reactive ketones (excluding diaryl/α,β-unsaturated/α-hetero) is 1. The number of fused-ring (bicyclic) bond motifs is 3. The Morgan fingerprint density at radius 3 is 2.71 bits per heavy atom. The maximum absolute atomic E-state index is 11.6. The van der Waals surface area contributed by atoms with E-state index in [4.69, 9.17) is 5.73 Å². The van der Waals surface area contributed by atoms with Crippen molar-refractivity contribution in [2.75, 3.05) is 0 Å². The molecule has 0 fully saturated rings. The largest absolute Gasteiger partial charge is 0.321 e. The fraction of sp³-hybridized carbons (Fsp3) is 0.214. The summed E-state index contributed by atoms with van der Waals surface area (Å²) >= 11 is 0. The lowest BCUT2D eigenvalue weighted by atomic mass is 9.85. The average molecular weight is 248 g/mol. The number of rotatable bonds is 0. The van der Waals surface area contributed by atoms with E-state index in [1.54, 1.807) is 0 Å². The molecule has 1 aliphatic rings. The quantitative estimate of drug-likeness (QED) is 0.776. The summed E-state index contributed by atoms with van der Waals surface area (Å²) in [6.07, 6.45) is 1.16. The highest BCUT2D eigenvalue weighted by Crippen LogP contribution is 2.27. The second kappa shape index (κ2) is 4.47. The summed E-state index contributed by atoms with van der Waals surface area (Å²) in [6, 6.07) is 12.1. The maximum Gasteiger partial charge on any atom is 0.154 e. The van der Waals surface area contributed by atoms with Gasteiger partial charge in [-0.25, -0.2) is 0 Å². The number of benzene rings is 2. The van der Waals surface area contributed by atoms with Gasteiger partial charge in [0.2, 0.25) is 0 Å². The van der Waals surface area contributed by atoms with E-state index in [0.717, 1.165) is 5.56 Å². The third-order valence-electron chi connectivity index (χ3n) is 3.34. The number of halogens is 1. The maximum atomic E-state index is 11.6. The Bertz CT molecular complexity index is 579. The van der Waals surface area contributed by atoms with Crippen LogP contribution in [0.25, 0.3) is 10.8 Å². The van der Waals surface area contributed by atoms with Gasteiger partial charge in [0.15, 0.2) is 5.78 Å². The molecule has 0 saturated heterocycles. The van der Waals surface area contributed by atoms with Crippen LogP contribution in [-0.2, 0) is 17.6 Å². The molecule has 2 N–H and O–H groups in total. The Balaban J connectivity index is 0.00000108. The smallest absolute Gasteiger partial charge is 0.154 e. The lowest BCUT2D eigenvalue weighted by Crippen LogP contribution is -2.37. The molecule has 2 nitrogen and oxygen atoms in total. The van der Waals surface area contributed by atoms with Gasteiger partial charge in [-0.2, -0.15) is 0 Å². The lowest BCUT2D eigenvalue weighted by Gasteiger charge is -2.21. The summed E-state index contributed by atoms with van der Waals surface area (Å²) in [4.78, 5) is 11.6. The Morgan fingerprint density at radius 2 is 1.88 bits per heavy atom.